The summed E-state index contributed by atoms with van der Waals surface area (Å²) < 4.78 is 7.17. The molecule has 0 bridgehead atoms. The SMILES string of the molecule is CN1CCOC(C(=O)c2nccn2C)C1. The van der Waals surface area contributed by atoms with Crippen LogP contribution in [0.3, 0.4) is 0 Å². The number of carbonyl (C=O) groups excluding carboxylic acids is 1. The van der Waals surface area contributed by atoms with Crippen LogP contribution in [-0.4, -0.2) is 53.1 Å². The first kappa shape index (κ1) is 10.3. The number of aryl methyl sites for hydroxylation is 1. The number of hydrogen-bond acceptors (Lipinski definition) is 4. The van der Waals surface area contributed by atoms with Gasteiger partial charge in [-0.25, -0.2) is 4.98 Å². The highest BCUT2D eigenvalue weighted by Crippen LogP contribution is 2.09. The van der Waals surface area contributed by atoms with Gasteiger partial charge in [0.2, 0.25) is 5.78 Å². The van der Waals surface area contributed by atoms with Crippen LogP contribution in [0, 0.1) is 0 Å². The first-order valence-corrected chi connectivity index (χ1v) is 5.00. The van der Waals surface area contributed by atoms with Crippen molar-refractivity contribution >= 4 is 5.78 Å². The van der Waals surface area contributed by atoms with Gasteiger partial charge in [0.25, 0.3) is 0 Å². The van der Waals surface area contributed by atoms with Crippen LogP contribution in [0.2, 0.25) is 0 Å². The van der Waals surface area contributed by atoms with Crippen LogP contribution >= 0.6 is 0 Å². The summed E-state index contributed by atoms with van der Waals surface area (Å²) in [7, 11) is 3.80. The second kappa shape index (κ2) is 4.12. The summed E-state index contributed by atoms with van der Waals surface area (Å²) in [6.07, 6.45) is 3.02. The first-order chi connectivity index (χ1) is 7.18. The van der Waals surface area contributed by atoms with E-state index in [2.05, 4.69) is 9.88 Å². The van der Waals surface area contributed by atoms with Gasteiger partial charge in [0.15, 0.2) is 5.82 Å². The number of aromatic nitrogens is 2. The maximum atomic E-state index is 12.0. The Hall–Kier alpha value is -1.20. The van der Waals surface area contributed by atoms with Crippen molar-refractivity contribution in [2.75, 3.05) is 26.7 Å². The molecule has 1 aromatic heterocycles. The number of rotatable bonds is 2. The van der Waals surface area contributed by atoms with Crippen molar-refractivity contribution in [1.29, 1.82) is 0 Å². The van der Waals surface area contributed by atoms with E-state index in [9.17, 15) is 4.79 Å². The molecule has 5 nitrogen and oxygen atoms in total. The molecule has 0 aliphatic carbocycles. The summed E-state index contributed by atoms with van der Waals surface area (Å²) in [5.74, 6) is 0.435. The molecular formula is C10H15N3O2. The summed E-state index contributed by atoms with van der Waals surface area (Å²) in [5.41, 5.74) is 0. The van der Waals surface area contributed by atoms with Gasteiger partial charge >= 0.3 is 0 Å². The van der Waals surface area contributed by atoms with Crippen LogP contribution in [0.15, 0.2) is 12.4 Å². The summed E-state index contributed by atoms with van der Waals surface area (Å²) >= 11 is 0. The van der Waals surface area contributed by atoms with E-state index in [1.165, 1.54) is 0 Å². The molecule has 2 heterocycles. The number of carbonyl (C=O) groups is 1. The van der Waals surface area contributed by atoms with E-state index >= 15 is 0 Å². The van der Waals surface area contributed by atoms with E-state index in [1.807, 2.05) is 14.1 Å². The Morgan fingerprint density at radius 3 is 3.00 bits per heavy atom. The second-order valence-corrected chi connectivity index (χ2v) is 3.85. The minimum atomic E-state index is -0.371. The lowest BCUT2D eigenvalue weighted by molar-refractivity contribution is -0.00934. The third-order valence-electron chi connectivity index (χ3n) is 2.60. The van der Waals surface area contributed by atoms with E-state index < -0.39 is 0 Å². The fourth-order valence-corrected chi connectivity index (χ4v) is 1.68. The average Bonchev–Trinajstić information content (AvgIpc) is 2.63. The third-order valence-corrected chi connectivity index (χ3v) is 2.60. The largest absolute Gasteiger partial charge is 0.367 e. The average molecular weight is 209 g/mol. The smallest absolute Gasteiger partial charge is 0.228 e. The molecule has 0 spiro atoms. The molecule has 1 unspecified atom stereocenters. The maximum Gasteiger partial charge on any atom is 0.228 e. The van der Waals surface area contributed by atoms with Crippen molar-refractivity contribution in [3.63, 3.8) is 0 Å². The molecule has 0 radical (unpaired) electrons. The molecule has 0 aromatic carbocycles. The van der Waals surface area contributed by atoms with Gasteiger partial charge in [-0.2, -0.15) is 0 Å². The Labute approximate surface area is 88.7 Å². The fraction of sp³-hybridized carbons (Fsp3) is 0.600. The molecule has 1 aliphatic rings. The normalized spacial score (nSPS) is 22.9. The van der Waals surface area contributed by atoms with Crippen molar-refractivity contribution in [2.24, 2.45) is 7.05 Å². The summed E-state index contributed by atoms with van der Waals surface area (Å²) in [6, 6.07) is 0. The van der Waals surface area contributed by atoms with Gasteiger partial charge in [0.1, 0.15) is 6.10 Å². The molecule has 0 amide bonds. The molecule has 82 valence electrons. The van der Waals surface area contributed by atoms with E-state index in [0.29, 0.717) is 19.0 Å². The topological polar surface area (TPSA) is 47.4 Å². The van der Waals surface area contributed by atoms with Crippen LogP contribution in [0.1, 0.15) is 10.6 Å². The maximum absolute atomic E-state index is 12.0. The van der Waals surface area contributed by atoms with Gasteiger partial charge in [0.05, 0.1) is 6.61 Å². The van der Waals surface area contributed by atoms with Crippen LogP contribution in [0.25, 0.3) is 0 Å². The zero-order valence-corrected chi connectivity index (χ0v) is 9.01. The molecular weight excluding hydrogens is 194 g/mol. The standard InChI is InChI=1S/C10H15N3O2/c1-12-5-6-15-8(7-12)9(14)10-11-3-4-13(10)2/h3-4,8H,5-7H2,1-2H3. The Bertz CT molecular complexity index is 361. The first-order valence-electron chi connectivity index (χ1n) is 5.00. The highest BCUT2D eigenvalue weighted by molar-refractivity contribution is 5.96. The summed E-state index contributed by atoms with van der Waals surface area (Å²) in [6.45, 7) is 2.13. The van der Waals surface area contributed by atoms with E-state index in [1.54, 1.807) is 17.0 Å². The number of ketones is 1. The summed E-state index contributed by atoms with van der Waals surface area (Å²) in [5, 5.41) is 0. The van der Waals surface area contributed by atoms with Gasteiger partial charge < -0.3 is 14.2 Å². The number of ether oxygens (including phenoxy) is 1. The predicted molar refractivity (Wildman–Crippen MR) is 54.8 cm³/mol. The highest BCUT2D eigenvalue weighted by atomic mass is 16.5. The number of imidazole rings is 1. The molecule has 1 aromatic rings. The van der Waals surface area contributed by atoms with Crippen molar-refractivity contribution in [3.05, 3.63) is 18.2 Å². The second-order valence-electron chi connectivity index (χ2n) is 3.85. The quantitative estimate of drug-likeness (QED) is 0.640. The molecule has 0 N–H and O–H groups in total. The van der Waals surface area contributed by atoms with Crippen LogP contribution in [0.5, 0.6) is 0 Å². The van der Waals surface area contributed by atoms with Crippen molar-refractivity contribution in [2.45, 2.75) is 6.10 Å². The van der Waals surface area contributed by atoms with Gasteiger partial charge in [-0.05, 0) is 7.05 Å². The highest BCUT2D eigenvalue weighted by Gasteiger charge is 2.27. The fourth-order valence-electron chi connectivity index (χ4n) is 1.68. The monoisotopic (exact) mass is 209 g/mol. The number of nitrogens with zero attached hydrogens (tertiary/aromatic N) is 3. The van der Waals surface area contributed by atoms with E-state index in [4.69, 9.17) is 4.74 Å². The van der Waals surface area contributed by atoms with Crippen LogP contribution < -0.4 is 0 Å². The number of likely N-dealkylation sites (N-methyl/N-ethyl adjacent to an activating group) is 1. The van der Waals surface area contributed by atoms with Crippen molar-refractivity contribution < 1.29 is 9.53 Å². The Kier molecular flexibility index (Phi) is 2.83. The Morgan fingerprint density at radius 2 is 2.40 bits per heavy atom. The van der Waals surface area contributed by atoms with Gasteiger partial charge in [-0.15, -0.1) is 0 Å². The molecule has 15 heavy (non-hydrogen) atoms. The molecule has 1 fully saturated rings. The lowest BCUT2D eigenvalue weighted by atomic mass is 10.2. The predicted octanol–water partition coefficient (Wildman–Crippen LogP) is -0.0666. The minimum absolute atomic E-state index is 0.0333. The van der Waals surface area contributed by atoms with Crippen LogP contribution in [-0.2, 0) is 11.8 Å². The molecule has 1 saturated heterocycles. The Morgan fingerprint density at radius 1 is 1.60 bits per heavy atom. The van der Waals surface area contributed by atoms with Crippen molar-refractivity contribution in [1.82, 2.24) is 14.5 Å². The van der Waals surface area contributed by atoms with Gasteiger partial charge in [-0.1, -0.05) is 0 Å². The minimum Gasteiger partial charge on any atom is -0.367 e. The lowest BCUT2D eigenvalue weighted by Gasteiger charge is -2.28. The van der Waals surface area contributed by atoms with Gasteiger partial charge in [-0.3, -0.25) is 4.79 Å². The molecule has 2 rings (SSSR count). The molecule has 5 heteroatoms. The van der Waals surface area contributed by atoms with Crippen molar-refractivity contribution in [3.8, 4) is 0 Å². The van der Waals surface area contributed by atoms with E-state index in [-0.39, 0.29) is 11.9 Å². The lowest BCUT2D eigenvalue weighted by Crippen LogP contribution is -2.44. The summed E-state index contributed by atoms with van der Waals surface area (Å²) in [4.78, 5) is 18.1. The third kappa shape index (κ3) is 2.08. The molecule has 1 aliphatic heterocycles. The number of hydrogen-bond donors (Lipinski definition) is 0. The zero-order chi connectivity index (χ0) is 10.8. The number of Topliss-reactive ketones (excluding diaryl/α,β-unsaturated/α-hetero) is 1. The molecule has 0 saturated carbocycles. The van der Waals surface area contributed by atoms with Gasteiger partial charge in [0, 0.05) is 32.5 Å². The van der Waals surface area contributed by atoms with Crippen LogP contribution in [0.4, 0.5) is 0 Å². The molecule has 1 atom stereocenters. The zero-order valence-electron chi connectivity index (χ0n) is 9.01. The Balaban J connectivity index is 2.11. The number of morpholine rings is 1. The van der Waals surface area contributed by atoms with E-state index in [0.717, 1.165) is 6.54 Å².